The zero-order valence-corrected chi connectivity index (χ0v) is 6.96. The lowest BCUT2D eigenvalue weighted by Gasteiger charge is -2.05. The minimum Gasteiger partial charge on any atom is -0.349 e. The van der Waals surface area contributed by atoms with Crippen molar-refractivity contribution < 1.29 is 14.4 Å². The van der Waals surface area contributed by atoms with E-state index in [1.807, 2.05) is 13.8 Å². The highest BCUT2D eigenvalue weighted by molar-refractivity contribution is 6.42. The van der Waals surface area contributed by atoms with Gasteiger partial charge in [-0.25, -0.2) is 4.79 Å². The van der Waals surface area contributed by atoms with Gasteiger partial charge in [0.1, 0.15) is 0 Å². The summed E-state index contributed by atoms with van der Waals surface area (Å²) in [4.78, 5) is 25.9. The van der Waals surface area contributed by atoms with Gasteiger partial charge < -0.3 is 10.2 Å². The first-order valence-corrected chi connectivity index (χ1v) is 3.67. The van der Waals surface area contributed by atoms with Crippen molar-refractivity contribution >= 4 is 17.6 Å². The molecule has 1 aliphatic rings. The Morgan fingerprint density at radius 3 is 2.75 bits per heavy atom. The van der Waals surface area contributed by atoms with Crippen LogP contribution in [0.1, 0.15) is 20.3 Å². The highest BCUT2D eigenvalue weighted by Crippen LogP contribution is 2.02. The van der Waals surface area contributed by atoms with Gasteiger partial charge in [-0.05, 0) is 13.8 Å². The van der Waals surface area contributed by atoms with Crippen molar-refractivity contribution in [3.05, 3.63) is 0 Å². The molecule has 5 nitrogen and oxygen atoms in total. The number of oxime groups is 1. The van der Waals surface area contributed by atoms with E-state index in [1.54, 1.807) is 0 Å². The second-order valence-corrected chi connectivity index (χ2v) is 2.81. The Labute approximate surface area is 69.8 Å². The molecule has 0 aliphatic carbocycles. The Bertz CT molecular complexity index is 245. The summed E-state index contributed by atoms with van der Waals surface area (Å²) in [5.74, 6) is -0.820. The fourth-order valence-corrected chi connectivity index (χ4v) is 0.775. The fourth-order valence-electron chi connectivity index (χ4n) is 0.775. The molecule has 0 unspecified atom stereocenters. The summed E-state index contributed by atoms with van der Waals surface area (Å²) in [6, 6.07) is 0.0379. The Kier molecular flexibility index (Phi) is 2.42. The van der Waals surface area contributed by atoms with Crippen molar-refractivity contribution in [3.8, 4) is 0 Å². The van der Waals surface area contributed by atoms with Crippen LogP contribution in [0.5, 0.6) is 0 Å². The lowest BCUT2D eigenvalue weighted by atomic mass is 10.2. The smallest absolute Gasteiger partial charge is 0.341 e. The van der Waals surface area contributed by atoms with E-state index >= 15 is 0 Å². The summed E-state index contributed by atoms with van der Waals surface area (Å²) in [5.41, 5.74) is 0.147. The van der Waals surface area contributed by atoms with Crippen molar-refractivity contribution in [2.45, 2.75) is 26.3 Å². The molecule has 1 aliphatic heterocycles. The first kappa shape index (κ1) is 8.70. The number of carbonyl (C=O) groups excluding carboxylic acids is 2. The molecule has 0 aromatic rings. The van der Waals surface area contributed by atoms with E-state index in [0.717, 1.165) is 0 Å². The van der Waals surface area contributed by atoms with Gasteiger partial charge in [-0.3, -0.25) is 4.79 Å². The van der Waals surface area contributed by atoms with Crippen LogP contribution in [0, 0.1) is 0 Å². The van der Waals surface area contributed by atoms with Gasteiger partial charge >= 0.3 is 5.97 Å². The Balaban J connectivity index is 2.49. The third-order valence-corrected chi connectivity index (χ3v) is 1.25. The number of hydrogen-bond acceptors (Lipinski definition) is 4. The molecule has 1 N–H and O–H groups in total. The van der Waals surface area contributed by atoms with Crippen LogP contribution in [0.2, 0.25) is 0 Å². The number of nitrogens with zero attached hydrogens (tertiary/aromatic N) is 1. The monoisotopic (exact) mass is 170 g/mol. The van der Waals surface area contributed by atoms with E-state index in [-0.39, 0.29) is 24.1 Å². The van der Waals surface area contributed by atoms with Crippen molar-refractivity contribution in [1.82, 2.24) is 5.32 Å². The SMILES string of the molecule is CC(C)NC(=O)C1=NOC(=O)C1. The molecule has 0 atom stereocenters. The summed E-state index contributed by atoms with van der Waals surface area (Å²) in [5, 5.41) is 5.93. The summed E-state index contributed by atoms with van der Waals surface area (Å²) in [6.45, 7) is 3.66. The average Bonchev–Trinajstić information content (AvgIpc) is 2.34. The fraction of sp³-hybridized carbons (Fsp3) is 0.571. The predicted molar refractivity (Wildman–Crippen MR) is 41.4 cm³/mol. The molecule has 1 rings (SSSR count). The average molecular weight is 170 g/mol. The van der Waals surface area contributed by atoms with Gasteiger partial charge in [0.2, 0.25) is 0 Å². The van der Waals surface area contributed by atoms with Crippen LogP contribution in [0.15, 0.2) is 5.16 Å². The molecular formula is C7H10N2O3. The van der Waals surface area contributed by atoms with Crippen LogP contribution in [-0.2, 0) is 14.4 Å². The third-order valence-electron chi connectivity index (χ3n) is 1.25. The molecule has 0 saturated heterocycles. The van der Waals surface area contributed by atoms with E-state index < -0.39 is 5.97 Å². The number of amides is 1. The highest BCUT2D eigenvalue weighted by atomic mass is 16.7. The molecular weight excluding hydrogens is 160 g/mol. The van der Waals surface area contributed by atoms with Gasteiger partial charge in [0.25, 0.3) is 5.91 Å². The summed E-state index contributed by atoms with van der Waals surface area (Å²) >= 11 is 0. The number of rotatable bonds is 2. The van der Waals surface area contributed by atoms with Crippen LogP contribution < -0.4 is 5.32 Å². The summed E-state index contributed by atoms with van der Waals surface area (Å²) < 4.78 is 0. The zero-order chi connectivity index (χ0) is 9.14. The molecule has 0 radical (unpaired) electrons. The first-order valence-electron chi connectivity index (χ1n) is 3.67. The molecule has 0 spiro atoms. The summed E-state index contributed by atoms with van der Waals surface area (Å²) in [7, 11) is 0. The zero-order valence-electron chi connectivity index (χ0n) is 6.96. The molecule has 5 heteroatoms. The van der Waals surface area contributed by atoms with Crippen LogP contribution in [0.4, 0.5) is 0 Å². The molecule has 0 fully saturated rings. The molecule has 0 bridgehead atoms. The molecule has 1 amide bonds. The Hall–Kier alpha value is -1.39. The van der Waals surface area contributed by atoms with Gasteiger partial charge in [-0.1, -0.05) is 5.16 Å². The predicted octanol–water partition coefficient (Wildman–Crippen LogP) is -0.186. The maximum Gasteiger partial charge on any atom is 0.341 e. The summed E-state index contributed by atoms with van der Waals surface area (Å²) in [6.07, 6.45) is -0.0292. The van der Waals surface area contributed by atoms with Gasteiger partial charge in [-0.15, -0.1) is 0 Å². The normalized spacial score (nSPS) is 15.9. The molecule has 0 aromatic heterocycles. The third kappa shape index (κ3) is 2.05. The highest BCUT2D eigenvalue weighted by Gasteiger charge is 2.23. The second kappa shape index (κ2) is 3.34. The number of hydrogen-bond donors (Lipinski definition) is 1. The lowest BCUT2D eigenvalue weighted by molar-refractivity contribution is -0.140. The minimum absolute atomic E-state index is 0.0292. The van der Waals surface area contributed by atoms with E-state index in [1.165, 1.54) is 0 Å². The minimum atomic E-state index is -0.482. The Morgan fingerprint density at radius 1 is 1.67 bits per heavy atom. The van der Waals surface area contributed by atoms with Gasteiger partial charge in [0.05, 0.1) is 6.42 Å². The van der Waals surface area contributed by atoms with Crippen LogP contribution in [0.3, 0.4) is 0 Å². The quantitative estimate of drug-likeness (QED) is 0.584. The van der Waals surface area contributed by atoms with E-state index in [0.29, 0.717) is 0 Å². The molecule has 0 saturated carbocycles. The molecule has 66 valence electrons. The van der Waals surface area contributed by atoms with Crippen LogP contribution >= 0.6 is 0 Å². The number of carbonyl (C=O) groups is 2. The van der Waals surface area contributed by atoms with Crippen molar-refractivity contribution in [2.75, 3.05) is 0 Å². The van der Waals surface area contributed by atoms with Crippen LogP contribution in [0.25, 0.3) is 0 Å². The molecule has 1 heterocycles. The standard InChI is InChI=1S/C7H10N2O3/c1-4(2)8-7(11)5-3-6(10)12-9-5/h4H,3H2,1-2H3,(H,8,11). The Morgan fingerprint density at radius 2 is 2.33 bits per heavy atom. The second-order valence-electron chi connectivity index (χ2n) is 2.81. The van der Waals surface area contributed by atoms with Crippen molar-refractivity contribution in [3.63, 3.8) is 0 Å². The van der Waals surface area contributed by atoms with E-state index in [2.05, 4.69) is 15.3 Å². The largest absolute Gasteiger partial charge is 0.349 e. The first-order chi connectivity index (χ1) is 5.59. The molecule has 12 heavy (non-hydrogen) atoms. The van der Waals surface area contributed by atoms with Gasteiger partial charge in [0.15, 0.2) is 5.71 Å². The van der Waals surface area contributed by atoms with E-state index in [4.69, 9.17) is 0 Å². The molecule has 0 aromatic carbocycles. The van der Waals surface area contributed by atoms with Gasteiger partial charge in [-0.2, -0.15) is 0 Å². The number of nitrogens with one attached hydrogen (secondary N) is 1. The van der Waals surface area contributed by atoms with Crippen molar-refractivity contribution in [2.24, 2.45) is 5.16 Å². The maximum absolute atomic E-state index is 11.1. The van der Waals surface area contributed by atoms with Crippen LogP contribution in [-0.4, -0.2) is 23.6 Å². The van der Waals surface area contributed by atoms with Gasteiger partial charge in [0, 0.05) is 6.04 Å². The van der Waals surface area contributed by atoms with E-state index in [9.17, 15) is 9.59 Å². The lowest BCUT2D eigenvalue weighted by Crippen LogP contribution is -2.35. The maximum atomic E-state index is 11.1. The topological polar surface area (TPSA) is 67.8 Å². The van der Waals surface area contributed by atoms with Crippen molar-refractivity contribution in [1.29, 1.82) is 0 Å².